The maximum Gasteiger partial charge on any atom is 0.263 e. The fourth-order valence-electron chi connectivity index (χ4n) is 2.87. The van der Waals surface area contributed by atoms with Gasteiger partial charge in [0.1, 0.15) is 4.88 Å². The summed E-state index contributed by atoms with van der Waals surface area (Å²) in [5.74, 6) is -0.0378. The van der Waals surface area contributed by atoms with Gasteiger partial charge in [0.05, 0.1) is 5.69 Å². The van der Waals surface area contributed by atoms with Gasteiger partial charge in [-0.05, 0) is 31.9 Å². The van der Waals surface area contributed by atoms with Crippen LogP contribution in [0, 0.1) is 0 Å². The molecule has 1 aromatic heterocycles. The Labute approximate surface area is 130 Å². The van der Waals surface area contributed by atoms with Crippen molar-refractivity contribution >= 4 is 48.9 Å². The van der Waals surface area contributed by atoms with Gasteiger partial charge >= 0.3 is 0 Å². The molecule has 2 aromatic rings. The molecule has 106 valence electrons. The Morgan fingerprint density at radius 2 is 2.10 bits per heavy atom. The zero-order valence-corrected chi connectivity index (χ0v) is 13.7. The fourth-order valence-corrected chi connectivity index (χ4v) is 4.44. The SMILES string of the molecule is CC1(NC(=O)c2sc3cc(Br)ccc3c2N)CCCC1. The molecule has 0 unspecified atom stereocenters. The molecule has 1 heterocycles. The molecule has 0 bridgehead atoms. The predicted molar refractivity (Wildman–Crippen MR) is 88.3 cm³/mol. The number of carbonyl (C=O) groups excluding carboxylic acids is 1. The third-order valence-corrected chi connectivity index (χ3v) is 5.68. The minimum Gasteiger partial charge on any atom is -0.397 e. The Bertz CT molecular complexity index is 674. The Kier molecular flexibility index (Phi) is 3.50. The lowest BCUT2D eigenvalue weighted by molar-refractivity contribution is 0.0913. The third-order valence-electron chi connectivity index (χ3n) is 4.02. The van der Waals surface area contributed by atoms with Crippen LogP contribution in [0.25, 0.3) is 10.1 Å². The quantitative estimate of drug-likeness (QED) is 0.845. The average Bonchev–Trinajstić information content (AvgIpc) is 2.94. The van der Waals surface area contributed by atoms with Crippen molar-refractivity contribution in [3.8, 4) is 0 Å². The van der Waals surface area contributed by atoms with Crippen molar-refractivity contribution in [3.05, 3.63) is 27.5 Å². The van der Waals surface area contributed by atoms with Crippen molar-refractivity contribution < 1.29 is 4.79 Å². The number of hydrogen-bond donors (Lipinski definition) is 2. The lowest BCUT2D eigenvalue weighted by Crippen LogP contribution is -2.43. The molecule has 0 radical (unpaired) electrons. The van der Waals surface area contributed by atoms with E-state index >= 15 is 0 Å². The highest BCUT2D eigenvalue weighted by Crippen LogP contribution is 2.36. The Morgan fingerprint density at radius 3 is 2.80 bits per heavy atom. The van der Waals surface area contributed by atoms with Crippen LogP contribution in [0.5, 0.6) is 0 Å². The van der Waals surface area contributed by atoms with E-state index in [2.05, 4.69) is 28.2 Å². The summed E-state index contributed by atoms with van der Waals surface area (Å²) in [7, 11) is 0. The number of hydrogen-bond acceptors (Lipinski definition) is 3. The first-order valence-electron chi connectivity index (χ1n) is 6.79. The molecule has 0 atom stereocenters. The van der Waals surface area contributed by atoms with E-state index in [-0.39, 0.29) is 11.4 Å². The van der Waals surface area contributed by atoms with Crippen LogP contribution >= 0.6 is 27.3 Å². The van der Waals surface area contributed by atoms with Crippen molar-refractivity contribution in [1.29, 1.82) is 0 Å². The van der Waals surface area contributed by atoms with E-state index in [1.165, 1.54) is 24.2 Å². The minimum atomic E-state index is -0.0692. The number of nitrogens with one attached hydrogen (secondary N) is 1. The molecule has 1 aliphatic rings. The van der Waals surface area contributed by atoms with Crippen LogP contribution in [0.4, 0.5) is 5.69 Å². The number of benzene rings is 1. The average molecular weight is 353 g/mol. The van der Waals surface area contributed by atoms with Crippen molar-refractivity contribution in [1.82, 2.24) is 5.32 Å². The molecule has 5 heteroatoms. The van der Waals surface area contributed by atoms with Crippen LogP contribution in [0.15, 0.2) is 22.7 Å². The first-order valence-corrected chi connectivity index (χ1v) is 8.39. The van der Waals surface area contributed by atoms with Crippen molar-refractivity contribution in [3.63, 3.8) is 0 Å². The molecule has 1 fully saturated rings. The second kappa shape index (κ2) is 5.04. The summed E-state index contributed by atoms with van der Waals surface area (Å²) >= 11 is 4.91. The largest absolute Gasteiger partial charge is 0.397 e. The Balaban J connectivity index is 1.93. The Hall–Kier alpha value is -1.07. The molecule has 0 aliphatic heterocycles. The van der Waals surface area contributed by atoms with E-state index in [9.17, 15) is 4.79 Å². The maximum absolute atomic E-state index is 12.5. The molecule has 3 N–H and O–H groups in total. The lowest BCUT2D eigenvalue weighted by Gasteiger charge is -2.24. The summed E-state index contributed by atoms with van der Waals surface area (Å²) in [5, 5.41) is 4.13. The smallest absolute Gasteiger partial charge is 0.263 e. The van der Waals surface area contributed by atoms with Gasteiger partial charge in [0.15, 0.2) is 0 Å². The zero-order chi connectivity index (χ0) is 14.3. The van der Waals surface area contributed by atoms with E-state index in [1.807, 2.05) is 18.2 Å². The summed E-state index contributed by atoms with van der Waals surface area (Å²) in [6.45, 7) is 2.12. The molecule has 1 amide bonds. The van der Waals surface area contributed by atoms with Gasteiger partial charge in [-0.3, -0.25) is 4.79 Å². The molecule has 1 aliphatic carbocycles. The number of amides is 1. The van der Waals surface area contributed by atoms with E-state index < -0.39 is 0 Å². The first kappa shape index (κ1) is 13.9. The standard InChI is InChI=1S/C15H17BrN2OS/c1-15(6-2-3-7-15)18-14(19)13-12(17)10-5-4-9(16)8-11(10)20-13/h4-5,8H,2-3,6-7,17H2,1H3,(H,18,19). The molecule has 1 aromatic carbocycles. The van der Waals surface area contributed by atoms with Gasteiger partial charge in [0.25, 0.3) is 5.91 Å². The van der Waals surface area contributed by atoms with E-state index in [4.69, 9.17) is 5.73 Å². The number of halogens is 1. The van der Waals surface area contributed by atoms with Gasteiger partial charge in [-0.25, -0.2) is 0 Å². The van der Waals surface area contributed by atoms with Gasteiger partial charge in [0.2, 0.25) is 0 Å². The molecule has 20 heavy (non-hydrogen) atoms. The normalized spacial score (nSPS) is 17.5. The summed E-state index contributed by atoms with van der Waals surface area (Å²) < 4.78 is 2.04. The minimum absolute atomic E-state index is 0.0378. The Morgan fingerprint density at radius 1 is 1.40 bits per heavy atom. The van der Waals surface area contributed by atoms with Crippen molar-refractivity contribution in [2.75, 3.05) is 5.73 Å². The van der Waals surface area contributed by atoms with Crippen molar-refractivity contribution in [2.24, 2.45) is 0 Å². The lowest BCUT2D eigenvalue weighted by atomic mass is 10.0. The molecule has 3 rings (SSSR count). The number of nitrogen functional groups attached to an aromatic ring is 1. The molecule has 1 saturated carbocycles. The number of rotatable bonds is 2. The number of thiophene rings is 1. The van der Waals surface area contributed by atoms with Crippen LogP contribution in [0.1, 0.15) is 42.3 Å². The highest BCUT2D eigenvalue weighted by molar-refractivity contribution is 9.10. The van der Waals surface area contributed by atoms with Crippen LogP contribution in [-0.2, 0) is 0 Å². The van der Waals surface area contributed by atoms with Crippen LogP contribution in [-0.4, -0.2) is 11.4 Å². The van der Waals surface area contributed by atoms with E-state index in [0.717, 1.165) is 27.4 Å². The maximum atomic E-state index is 12.5. The zero-order valence-electron chi connectivity index (χ0n) is 11.3. The molecule has 3 nitrogen and oxygen atoms in total. The topological polar surface area (TPSA) is 55.1 Å². The molecule has 0 spiro atoms. The number of anilines is 1. The second-order valence-corrected chi connectivity index (χ2v) is 7.68. The summed E-state index contributed by atoms with van der Waals surface area (Å²) in [5.41, 5.74) is 6.67. The third kappa shape index (κ3) is 2.44. The number of nitrogens with two attached hydrogens (primary N) is 1. The number of carbonyl (C=O) groups is 1. The highest BCUT2D eigenvalue weighted by atomic mass is 79.9. The molecular formula is C15H17BrN2OS. The predicted octanol–water partition coefficient (Wildman–Crippen LogP) is 4.31. The van der Waals surface area contributed by atoms with Crippen molar-refractivity contribution in [2.45, 2.75) is 38.1 Å². The highest BCUT2D eigenvalue weighted by Gasteiger charge is 2.31. The van der Waals surface area contributed by atoms with Crippen LogP contribution < -0.4 is 11.1 Å². The van der Waals surface area contributed by atoms with Gasteiger partial charge in [-0.1, -0.05) is 34.8 Å². The van der Waals surface area contributed by atoms with E-state index in [1.54, 1.807) is 0 Å². The second-order valence-electron chi connectivity index (χ2n) is 5.71. The fraction of sp³-hybridized carbons (Fsp3) is 0.400. The van der Waals surface area contributed by atoms with Crippen LogP contribution in [0.2, 0.25) is 0 Å². The van der Waals surface area contributed by atoms with Gasteiger partial charge in [-0.15, -0.1) is 11.3 Å². The molecule has 0 saturated heterocycles. The van der Waals surface area contributed by atoms with Gasteiger partial charge in [-0.2, -0.15) is 0 Å². The van der Waals surface area contributed by atoms with Gasteiger partial charge in [0, 0.05) is 20.1 Å². The summed E-state index contributed by atoms with van der Waals surface area (Å²) in [4.78, 5) is 13.1. The number of fused-ring (bicyclic) bond motifs is 1. The molecular weight excluding hydrogens is 336 g/mol. The first-order chi connectivity index (χ1) is 9.48. The van der Waals surface area contributed by atoms with Gasteiger partial charge < -0.3 is 11.1 Å². The monoisotopic (exact) mass is 352 g/mol. The van der Waals surface area contributed by atoms with E-state index in [0.29, 0.717) is 10.6 Å². The van der Waals surface area contributed by atoms with Crippen LogP contribution in [0.3, 0.4) is 0 Å². The summed E-state index contributed by atoms with van der Waals surface area (Å²) in [6, 6.07) is 5.91. The summed E-state index contributed by atoms with van der Waals surface area (Å²) in [6.07, 6.45) is 4.47.